The summed E-state index contributed by atoms with van der Waals surface area (Å²) in [4.78, 5) is 16.2. The number of nitriles is 1. The fourth-order valence-electron chi connectivity index (χ4n) is 3.79. The summed E-state index contributed by atoms with van der Waals surface area (Å²) in [5, 5.41) is 13.3. The van der Waals surface area contributed by atoms with Gasteiger partial charge in [-0.2, -0.15) is 5.26 Å². The van der Waals surface area contributed by atoms with Gasteiger partial charge in [0.05, 0.1) is 5.56 Å². The molecule has 4 rings (SSSR count). The van der Waals surface area contributed by atoms with E-state index in [-0.39, 0.29) is 5.91 Å². The van der Waals surface area contributed by atoms with Gasteiger partial charge in [0.1, 0.15) is 11.1 Å². The molecule has 0 radical (unpaired) electrons. The Morgan fingerprint density at radius 1 is 1.24 bits per heavy atom. The highest BCUT2D eigenvalue weighted by atomic mass is 32.1. The Morgan fingerprint density at radius 2 is 2.04 bits per heavy atom. The molecule has 0 spiro atoms. The third-order valence-corrected chi connectivity index (χ3v) is 6.33. The van der Waals surface area contributed by atoms with E-state index in [0.717, 1.165) is 37.9 Å². The molecule has 0 fully saturated rings. The lowest BCUT2D eigenvalue weighted by molar-refractivity contribution is 0.102. The SMILES string of the molecule is CN1CCc2c(sc(NC(=O)c3ccc4c(c3)CCCC4)c2C#N)C1. The van der Waals surface area contributed by atoms with Crippen molar-refractivity contribution in [2.24, 2.45) is 0 Å². The molecule has 1 aromatic carbocycles. The van der Waals surface area contributed by atoms with Crippen molar-refractivity contribution in [1.29, 1.82) is 5.26 Å². The number of carbonyl (C=O) groups excluding carboxylic acids is 1. The van der Waals surface area contributed by atoms with Crippen molar-refractivity contribution < 1.29 is 4.79 Å². The Labute approximate surface area is 152 Å². The second-order valence-electron chi connectivity index (χ2n) is 6.95. The van der Waals surface area contributed by atoms with Crippen molar-refractivity contribution in [2.45, 2.75) is 38.6 Å². The van der Waals surface area contributed by atoms with Crippen LogP contribution in [0.15, 0.2) is 18.2 Å². The lowest BCUT2D eigenvalue weighted by atomic mass is 9.90. The van der Waals surface area contributed by atoms with Crippen LogP contribution >= 0.6 is 11.3 Å². The molecule has 2 heterocycles. The molecule has 1 N–H and O–H groups in total. The van der Waals surface area contributed by atoms with Crippen LogP contribution in [0, 0.1) is 11.3 Å². The molecule has 4 nitrogen and oxygen atoms in total. The zero-order valence-corrected chi connectivity index (χ0v) is 15.2. The first-order chi connectivity index (χ1) is 12.2. The number of rotatable bonds is 2. The third-order valence-electron chi connectivity index (χ3n) is 5.20. The predicted molar refractivity (Wildman–Crippen MR) is 100 cm³/mol. The van der Waals surface area contributed by atoms with Crippen LogP contribution in [0.1, 0.15) is 50.3 Å². The van der Waals surface area contributed by atoms with E-state index in [1.165, 1.54) is 28.8 Å². The van der Waals surface area contributed by atoms with Gasteiger partial charge >= 0.3 is 0 Å². The standard InChI is InChI=1S/C20H21N3OS/c1-23-9-8-16-17(11-21)20(25-18(16)12-23)22-19(24)15-7-6-13-4-2-3-5-14(13)10-15/h6-7,10H,2-5,8-9,12H2,1H3,(H,22,24). The van der Waals surface area contributed by atoms with Crippen molar-refractivity contribution in [3.63, 3.8) is 0 Å². The number of aryl methyl sites for hydroxylation is 2. The van der Waals surface area contributed by atoms with Crippen LogP contribution in [0.25, 0.3) is 0 Å². The van der Waals surface area contributed by atoms with E-state index in [0.29, 0.717) is 16.1 Å². The van der Waals surface area contributed by atoms with Crippen LogP contribution in [0.5, 0.6) is 0 Å². The minimum absolute atomic E-state index is 0.114. The Kier molecular flexibility index (Phi) is 4.32. The highest BCUT2D eigenvalue weighted by Crippen LogP contribution is 2.36. The molecule has 25 heavy (non-hydrogen) atoms. The molecule has 0 saturated carbocycles. The second kappa shape index (κ2) is 6.62. The number of hydrogen-bond donors (Lipinski definition) is 1. The molecule has 0 atom stereocenters. The zero-order chi connectivity index (χ0) is 17.4. The van der Waals surface area contributed by atoms with E-state index in [2.05, 4.69) is 29.4 Å². The quantitative estimate of drug-likeness (QED) is 0.897. The lowest BCUT2D eigenvalue weighted by Crippen LogP contribution is -2.25. The van der Waals surface area contributed by atoms with E-state index < -0.39 is 0 Å². The van der Waals surface area contributed by atoms with E-state index >= 15 is 0 Å². The first-order valence-electron chi connectivity index (χ1n) is 8.82. The van der Waals surface area contributed by atoms with Crippen LogP contribution in [0.2, 0.25) is 0 Å². The topological polar surface area (TPSA) is 56.1 Å². The molecule has 0 saturated heterocycles. The van der Waals surface area contributed by atoms with Crippen LogP contribution in [0.3, 0.4) is 0 Å². The summed E-state index contributed by atoms with van der Waals surface area (Å²) in [5.41, 5.74) is 5.13. The van der Waals surface area contributed by atoms with E-state index in [9.17, 15) is 10.1 Å². The van der Waals surface area contributed by atoms with Crippen molar-refractivity contribution >= 4 is 22.2 Å². The fourth-order valence-corrected chi connectivity index (χ4v) is 5.06. The van der Waals surface area contributed by atoms with Gasteiger partial charge in [-0.15, -0.1) is 11.3 Å². The second-order valence-corrected chi connectivity index (χ2v) is 8.06. The van der Waals surface area contributed by atoms with Gasteiger partial charge in [-0.1, -0.05) is 6.07 Å². The molecule has 2 aromatic rings. The van der Waals surface area contributed by atoms with E-state index in [1.807, 2.05) is 12.1 Å². The van der Waals surface area contributed by atoms with Gasteiger partial charge in [-0.3, -0.25) is 4.79 Å². The number of hydrogen-bond acceptors (Lipinski definition) is 4. The zero-order valence-electron chi connectivity index (χ0n) is 14.4. The average Bonchev–Trinajstić information content (AvgIpc) is 2.97. The number of anilines is 1. The van der Waals surface area contributed by atoms with E-state index in [4.69, 9.17) is 0 Å². The maximum atomic E-state index is 12.7. The molecule has 2 aliphatic rings. The van der Waals surface area contributed by atoms with Gasteiger partial charge in [-0.05, 0) is 68.0 Å². The van der Waals surface area contributed by atoms with Crippen LogP contribution in [0.4, 0.5) is 5.00 Å². The maximum Gasteiger partial charge on any atom is 0.256 e. The van der Waals surface area contributed by atoms with Gasteiger partial charge in [0.2, 0.25) is 0 Å². The predicted octanol–water partition coefficient (Wildman–Crippen LogP) is 3.74. The number of fused-ring (bicyclic) bond motifs is 2. The van der Waals surface area contributed by atoms with Crippen LogP contribution in [-0.2, 0) is 25.8 Å². The maximum absolute atomic E-state index is 12.7. The van der Waals surface area contributed by atoms with Crippen molar-refractivity contribution in [1.82, 2.24) is 4.90 Å². The number of likely N-dealkylation sites (N-methyl/N-ethyl adjacent to an activating group) is 1. The first kappa shape index (κ1) is 16.3. The number of thiophene rings is 1. The monoisotopic (exact) mass is 351 g/mol. The Morgan fingerprint density at radius 3 is 2.84 bits per heavy atom. The van der Waals surface area contributed by atoms with Gasteiger partial charge < -0.3 is 10.2 Å². The third kappa shape index (κ3) is 3.08. The van der Waals surface area contributed by atoms with Crippen molar-refractivity contribution in [3.8, 4) is 6.07 Å². The number of amides is 1. The Hall–Kier alpha value is -2.16. The molecule has 1 aliphatic heterocycles. The summed E-state index contributed by atoms with van der Waals surface area (Å²) in [6.45, 7) is 1.81. The number of nitrogens with zero attached hydrogens (tertiary/aromatic N) is 2. The Balaban J connectivity index is 1.60. The number of nitrogens with one attached hydrogen (secondary N) is 1. The molecule has 1 aromatic heterocycles. The smallest absolute Gasteiger partial charge is 0.256 e. The number of benzene rings is 1. The molecule has 0 unspecified atom stereocenters. The molecule has 128 valence electrons. The fraction of sp³-hybridized carbons (Fsp3) is 0.400. The van der Waals surface area contributed by atoms with Crippen molar-refractivity contribution in [2.75, 3.05) is 18.9 Å². The van der Waals surface area contributed by atoms with E-state index in [1.54, 1.807) is 11.3 Å². The number of carbonyl (C=O) groups is 1. The summed E-state index contributed by atoms with van der Waals surface area (Å²) in [6.07, 6.45) is 5.47. The summed E-state index contributed by atoms with van der Waals surface area (Å²) < 4.78 is 0. The molecule has 0 bridgehead atoms. The lowest BCUT2D eigenvalue weighted by Gasteiger charge is -2.21. The molecule has 5 heteroatoms. The van der Waals surface area contributed by atoms with Gasteiger partial charge in [-0.25, -0.2) is 0 Å². The minimum Gasteiger partial charge on any atom is -0.312 e. The normalized spacial score (nSPS) is 16.6. The summed E-state index contributed by atoms with van der Waals surface area (Å²) in [6, 6.07) is 8.32. The molecule has 1 aliphatic carbocycles. The highest BCUT2D eigenvalue weighted by Gasteiger charge is 2.24. The molecular formula is C20H21N3OS. The van der Waals surface area contributed by atoms with Crippen LogP contribution < -0.4 is 5.32 Å². The van der Waals surface area contributed by atoms with Gasteiger partial charge in [0.15, 0.2) is 0 Å². The largest absolute Gasteiger partial charge is 0.312 e. The molecular weight excluding hydrogens is 330 g/mol. The summed E-state index contributed by atoms with van der Waals surface area (Å²) in [7, 11) is 2.08. The average molecular weight is 351 g/mol. The van der Waals surface area contributed by atoms with Crippen molar-refractivity contribution in [3.05, 3.63) is 50.9 Å². The van der Waals surface area contributed by atoms with Gasteiger partial charge in [0.25, 0.3) is 5.91 Å². The minimum atomic E-state index is -0.114. The summed E-state index contributed by atoms with van der Waals surface area (Å²) in [5.74, 6) is -0.114. The summed E-state index contributed by atoms with van der Waals surface area (Å²) >= 11 is 1.55. The first-order valence-corrected chi connectivity index (χ1v) is 9.63. The highest BCUT2D eigenvalue weighted by molar-refractivity contribution is 7.16. The van der Waals surface area contributed by atoms with Gasteiger partial charge in [0, 0.05) is 23.5 Å². The van der Waals surface area contributed by atoms with Crippen LogP contribution in [-0.4, -0.2) is 24.4 Å². The molecule has 1 amide bonds. The Bertz CT molecular complexity index is 878.